The van der Waals surface area contributed by atoms with Crippen LogP contribution in [0.5, 0.6) is 0 Å². The van der Waals surface area contributed by atoms with Gasteiger partial charge in [-0.3, -0.25) is 4.79 Å². The van der Waals surface area contributed by atoms with E-state index < -0.39 is 0 Å². The van der Waals surface area contributed by atoms with Crippen LogP contribution in [0, 0.1) is 11.3 Å². The molecule has 0 saturated carbocycles. The van der Waals surface area contributed by atoms with Crippen LogP contribution in [0.4, 0.5) is 5.82 Å². The molecular formula is C21H34N6O. The van der Waals surface area contributed by atoms with Crippen molar-refractivity contribution in [1.82, 2.24) is 15.2 Å². The predicted octanol–water partition coefficient (Wildman–Crippen LogP) is 1.98. The van der Waals surface area contributed by atoms with E-state index in [4.69, 9.17) is 10.7 Å². The Labute approximate surface area is 168 Å². The Balaban J connectivity index is 1.76. The molecule has 28 heavy (non-hydrogen) atoms. The minimum atomic E-state index is -0.216. The number of primary amides is 1. The summed E-state index contributed by atoms with van der Waals surface area (Å²) in [5.74, 6) is 1.58. The Hall–Kier alpha value is -2.31. The number of piperidine rings is 1. The zero-order valence-electron chi connectivity index (χ0n) is 17.4. The summed E-state index contributed by atoms with van der Waals surface area (Å²) in [7, 11) is 0. The first-order chi connectivity index (χ1) is 13.4. The Morgan fingerprint density at radius 1 is 1.43 bits per heavy atom. The van der Waals surface area contributed by atoms with Crippen LogP contribution in [0.2, 0.25) is 0 Å². The van der Waals surface area contributed by atoms with E-state index in [9.17, 15) is 4.79 Å². The minimum absolute atomic E-state index is 0.101. The number of nitrogens with one attached hydrogen (secondary N) is 1. The lowest BCUT2D eigenvalue weighted by Crippen LogP contribution is -2.42. The van der Waals surface area contributed by atoms with Gasteiger partial charge in [0.2, 0.25) is 5.91 Å². The number of hydrogen-bond donors (Lipinski definition) is 2. The quantitative estimate of drug-likeness (QED) is 0.597. The maximum atomic E-state index is 11.6. The highest BCUT2D eigenvalue weighted by molar-refractivity contribution is 5.80. The molecule has 7 heteroatoms. The third-order valence-corrected chi connectivity index (χ3v) is 5.70. The number of aliphatic imine (C=N–C) groups is 1. The highest BCUT2D eigenvalue weighted by Gasteiger charge is 2.31. The molecule has 3 rings (SSSR count). The fraction of sp³-hybridized carbons (Fsp3) is 0.667. The lowest BCUT2D eigenvalue weighted by Gasteiger charge is -2.33. The van der Waals surface area contributed by atoms with Crippen LogP contribution in [-0.2, 0) is 11.3 Å². The van der Waals surface area contributed by atoms with Gasteiger partial charge in [-0.05, 0) is 37.7 Å². The van der Waals surface area contributed by atoms with Crippen molar-refractivity contribution in [3.8, 4) is 0 Å². The zero-order chi connectivity index (χ0) is 20.1. The third-order valence-electron chi connectivity index (χ3n) is 5.70. The molecule has 0 bridgehead atoms. The number of guanidine groups is 1. The second-order valence-electron chi connectivity index (χ2n) is 8.68. The van der Waals surface area contributed by atoms with Crippen molar-refractivity contribution >= 4 is 17.7 Å². The largest absolute Gasteiger partial charge is 0.369 e. The summed E-state index contributed by atoms with van der Waals surface area (Å²) in [4.78, 5) is 25.7. The van der Waals surface area contributed by atoms with Crippen molar-refractivity contribution in [3.05, 3.63) is 23.9 Å². The summed E-state index contributed by atoms with van der Waals surface area (Å²) in [5.41, 5.74) is 6.96. The lowest BCUT2D eigenvalue weighted by molar-refractivity contribution is -0.122. The SMILES string of the molecule is CCNC(=NCc1cccnc1N1CCCC(C(N)=O)C1)N1CCC(C)(C)C1. The molecule has 0 aromatic carbocycles. The highest BCUT2D eigenvalue weighted by Crippen LogP contribution is 2.29. The Bertz CT molecular complexity index is 717. The van der Waals surface area contributed by atoms with Crippen LogP contribution < -0.4 is 16.0 Å². The minimum Gasteiger partial charge on any atom is -0.369 e. The summed E-state index contributed by atoms with van der Waals surface area (Å²) >= 11 is 0. The number of amides is 1. The van der Waals surface area contributed by atoms with Crippen LogP contribution in [0.1, 0.15) is 45.6 Å². The van der Waals surface area contributed by atoms with E-state index in [1.165, 1.54) is 6.42 Å². The van der Waals surface area contributed by atoms with Crippen LogP contribution in [0.3, 0.4) is 0 Å². The Morgan fingerprint density at radius 3 is 2.93 bits per heavy atom. The Morgan fingerprint density at radius 2 is 2.25 bits per heavy atom. The molecule has 1 amide bonds. The van der Waals surface area contributed by atoms with Gasteiger partial charge in [-0.2, -0.15) is 0 Å². The molecule has 1 unspecified atom stereocenters. The maximum Gasteiger partial charge on any atom is 0.222 e. The molecule has 2 aliphatic heterocycles. The molecule has 3 N–H and O–H groups in total. The van der Waals surface area contributed by atoms with Crippen LogP contribution in [0.15, 0.2) is 23.3 Å². The van der Waals surface area contributed by atoms with Gasteiger partial charge >= 0.3 is 0 Å². The summed E-state index contributed by atoms with van der Waals surface area (Å²) in [6.07, 6.45) is 4.81. The van der Waals surface area contributed by atoms with Gasteiger partial charge in [-0.15, -0.1) is 0 Å². The number of likely N-dealkylation sites (tertiary alicyclic amines) is 1. The highest BCUT2D eigenvalue weighted by atomic mass is 16.1. The predicted molar refractivity (Wildman–Crippen MR) is 113 cm³/mol. The molecule has 2 saturated heterocycles. The standard InChI is InChI=1S/C21H34N6O/c1-4-23-20(27-12-9-21(2,3)15-27)25-13-16-7-5-10-24-19(16)26-11-6-8-17(14-26)18(22)28/h5,7,10,17H,4,6,8-9,11-15H2,1-3H3,(H2,22,28)(H,23,25). The first-order valence-corrected chi connectivity index (χ1v) is 10.4. The number of aromatic nitrogens is 1. The number of nitrogens with two attached hydrogens (primary N) is 1. The summed E-state index contributed by atoms with van der Waals surface area (Å²) in [6, 6.07) is 4.03. The average Bonchev–Trinajstić information content (AvgIpc) is 3.05. The van der Waals surface area contributed by atoms with E-state index in [2.05, 4.69) is 46.9 Å². The average molecular weight is 387 g/mol. The molecular weight excluding hydrogens is 352 g/mol. The number of rotatable bonds is 5. The van der Waals surface area contributed by atoms with Crippen LogP contribution >= 0.6 is 0 Å². The molecule has 1 aromatic rings. The van der Waals surface area contributed by atoms with Crippen molar-refractivity contribution in [2.45, 2.75) is 46.6 Å². The fourth-order valence-electron chi connectivity index (χ4n) is 4.12. The van der Waals surface area contributed by atoms with E-state index in [1.54, 1.807) is 0 Å². The molecule has 7 nitrogen and oxygen atoms in total. The van der Waals surface area contributed by atoms with Crippen LogP contribution in [-0.4, -0.2) is 54.5 Å². The number of anilines is 1. The topological polar surface area (TPSA) is 86.9 Å². The third kappa shape index (κ3) is 4.94. The number of hydrogen-bond acceptors (Lipinski definition) is 4. The van der Waals surface area contributed by atoms with Gasteiger partial charge in [-0.25, -0.2) is 9.98 Å². The zero-order valence-corrected chi connectivity index (χ0v) is 17.4. The summed E-state index contributed by atoms with van der Waals surface area (Å²) < 4.78 is 0. The number of carbonyl (C=O) groups excluding carboxylic acids is 1. The molecule has 2 aliphatic rings. The smallest absolute Gasteiger partial charge is 0.222 e. The lowest BCUT2D eigenvalue weighted by atomic mass is 9.93. The Kier molecular flexibility index (Phi) is 6.42. The van der Waals surface area contributed by atoms with Crippen molar-refractivity contribution in [1.29, 1.82) is 0 Å². The van der Waals surface area contributed by atoms with Gasteiger partial charge in [0.25, 0.3) is 0 Å². The normalized spacial score (nSPS) is 22.4. The van der Waals surface area contributed by atoms with Gasteiger partial charge in [0, 0.05) is 44.5 Å². The van der Waals surface area contributed by atoms with Crippen molar-refractivity contribution in [2.75, 3.05) is 37.6 Å². The van der Waals surface area contributed by atoms with Crippen molar-refractivity contribution < 1.29 is 4.79 Å². The van der Waals surface area contributed by atoms with E-state index in [0.717, 1.165) is 56.4 Å². The monoisotopic (exact) mass is 386 g/mol. The molecule has 1 atom stereocenters. The number of carbonyl (C=O) groups is 1. The molecule has 1 aromatic heterocycles. The van der Waals surface area contributed by atoms with Gasteiger partial charge in [0.05, 0.1) is 12.5 Å². The molecule has 2 fully saturated rings. The van der Waals surface area contributed by atoms with E-state index in [-0.39, 0.29) is 11.8 Å². The second-order valence-corrected chi connectivity index (χ2v) is 8.68. The maximum absolute atomic E-state index is 11.6. The van der Waals surface area contributed by atoms with Gasteiger partial charge in [0.1, 0.15) is 5.82 Å². The number of pyridine rings is 1. The first kappa shape index (κ1) is 20.4. The van der Waals surface area contributed by atoms with Gasteiger partial charge < -0.3 is 20.9 Å². The van der Waals surface area contributed by atoms with Crippen molar-refractivity contribution in [3.63, 3.8) is 0 Å². The molecule has 154 valence electrons. The van der Waals surface area contributed by atoms with E-state index in [0.29, 0.717) is 18.5 Å². The molecule has 0 aliphatic carbocycles. The summed E-state index contributed by atoms with van der Waals surface area (Å²) in [5, 5.41) is 3.43. The molecule has 3 heterocycles. The van der Waals surface area contributed by atoms with Gasteiger partial charge in [-0.1, -0.05) is 19.9 Å². The fourth-order valence-corrected chi connectivity index (χ4v) is 4.12. The van der Waals surface area contributed by atoms with Crippen LogP contribution in [0.25, 0.3) is 0 Å². The molecule has 0 spiro atoms. The molecule has 0 radical (unpaired) electrons. The van der Waals surface area contributed by atoms with E-state index in [1.807, 2.05) is 12.3 Å². The summed E-state index contributed by atoms with van der Waals surface area (Å²) in [6.45, 7) is 11.7. The van der Waals surface area contributed by atoms with Crippen molar-refractivity contribution in [2.24, 2.45) is 22.1 Å². The number of nitrogens with zero attached hydrogens (tertiary/aromatic N) is 4. The van der Waals surface area contributed by atoms with Gasteiger partial charge in [0.15, 0.2) is 5.96 Å². The first-order valence-electron chi connectivity index (χ1n) is 10.4. The second kappa shape index (κ2) is 8.80. The van der Waals surface area contributed by atoms with E-state index >= 15 is 0 Å².